The molecule has 126 valence electrons. The Hall–Kier alpha value is -2.62. The van der Waals surface area contributed by atoms with Crippen molar-refractivity contribution in [2.24, 2.45) is 0 Å². The summed E-state index contributed by atoms with van der Waals surface area (Å²) < 4.78 is 0. The number of nitrogens with one attached hydrogen (secondary N) is 2. The van der Waals surface area contributed by atoms with E-state index in [-0.39, 0.29) is 11.8 Å². The Balaban J connectivity index is 1.51. The average molecular weight is 324 g/mol. The molecule has 0 bridgehead atoms. The van der Waals surface area contributed by atoms with Gasteiger partial charge in [-0.3, -0.25) is 9.59 Å². The lowest BCUT2D eigenvalue weighted by Gasteiger charge is -2.07. The molecule has 0 atom stereocenters. The predicted octanol–water partition coefficient (Wildman–Crippen LogP) is 2.95. The van der Waals surface area contributed by atoms with Crippen LogP contribution in [0.2, 0.25) is 0 Å². The first-order valence-corrected chi connectivity index (χ1v) is 8.39. The Morgan fingerprint density at radius 1 is 0.750 bits per heavy atom. The van der Waals surface area contributed by atoms with Crippen molar-refractivity contribution in [1.82, 2.24) is 10.6 Å². The second-order valence-electron chi connectivity index (χ2n) is 5.66. The van der Waals surface area contributed by atoms with Gasteiger partial charge in [-0.2, -0.15) is 0 Å². The zero-order valence-corrected chi connectivity index (χ0v) is 13.8. The first-order valence-electron chi connectivity index (χ1n) is 8.39. The Morgan fingerprint density at radius 2 is 1.38 bits per heavy atom. The molecular formula is C20H24N2O2. The minimum absolute atomic E-state index is 0.0389. The van der Waals surface area contributed by atoms with Crippen LogP contribution in [0.1, 0.15) is 35.2 Å². The van der Waals surface area contributed by atoms with Crippen LogP contribution in [0.15, 0.2) is 60.7 Å². The summed E-state index contributed by atoms with van der Waals surface area (Å²) >= 11 is 0. The van der Waals surface area contributed by atoms with Crippen LogP contribution in [0.25, 0.3) is 0 Å². The number of benzene rings is 2. The predicted molar refractivity (Wildman–Crippen MR) is 95.8 cm³/mol. The van der Waals surface area contributed by atoms with Crippen molar-refractivity contribution in [1.29, 1.82) is 0 Å². The van der Waals surface area contributed by atoms with Crippen LogP contribution >= 0.6 is 0 Å². The highest BCUT2D eigenvalue weighted by Crippen LogP contribution is 2.01. The smallest absolute Gasteiger partial charge is 0.251 e. The molecule has 2 N–H and O–H groups in total. The molecule has 0 saturated carbocycles. The van der Waals surface area contributed by atoms with E-state index in [0.29, 0.717) is 31.5 Å². The summed E-state index contributed by atoms with van der Waals surface area (Å²) in [5.74, 6) is -0.0594. The van der Waals surface area contributed by atoms with Crippen LogP contribution < -0.4 is 10.6 Å². The topological polar surface area (TPSA) is 58.2 Å². The van der Waals surface area contributed by atoms with Gasteiger partial charge in [0.1, 0.15) is 0 Å². The Labute approximate surface area is 143 Å². The van der Waals surface area contributed by atoms with E-state index < -0.39 is 0 Å². The summed E-state index contributed by atoms with van der Waals surface area (Å²) in [6.07, 6.45) is 2.97. The van der Waals surface area contributed by atoms with E-state index in [1.807, 2.05) is 36.4 Å². The Kier molecular flexibility index (Phi) is 7.54. The lowest BCUT2D eigenvalue weighted by atomic mass is 10.1. The number of rotatable bonds is 9. The number of hydrogen-bond donors (Lipinski definition) is 2. The van der Waals surface area contributed by atoms with Crippen LogP contribution in [0, 0.1) is 0 Å². The van der Waals surface area contributed by atoms with E-state index in [1.165, 1.54) is 5.56 Å². The SMILES string of the molecule is O=C(CCCNC(=O)c1ccccc1)NCCCc1ccccc1. The molecule has 0 aliphatic rings. The van der Waals surface area contributed by atoms with Crippen molar-refractivity contribution >= 4 is 11.8 Å². The number of hydrogen-bond acceptors (Lipinski definition) is 2. The maximum atomic E-state index is 11.8. The molecule has 0 aliphatic heterocycles. The van der Waals surface area contributed by atoms with Gasteiger partial charge in [-0.1, -0.05) is 48.5 Å². The van der Waals surface area contributed by atoms with E-state index in [1.54, 1.807) is 12.1 Å². The minimum Gasteiger partial charge on any atom is -0.356 e. The van der Waals surface area contributed by atoms with Crippen LogP contribution in [-0.2, 0) is 11.2 Å². The average Bonchev–Trinajstić information content (AvgIpc) is 2.64. The number of amides is 2. The second kappa shape index (κ2) is 10.2. The fourth-order valence-electron chi connectivity index (χ4n) is 2.40. The molecule has 4 nitrogen and oxygen atoms in total. The fraction of sp³-hybridized carbons (Fsp3) is 0.300. The summed E-state index contributed by atoms with van der Waals surface area (Å²) in [5.41, 5.74) is 1.93. The third-order valence-electron chi connectivity index (χ3n) is 3.71. The van der Waals surface area contributed by atoms with Gasteiger partial charge < -0.3 is 10.6 Å². The van der Waals surface area contributed by atoms with Gasteiger partial charge in [0, 0.05) is 25.1 Å². The standard InChI is InChI=1S/C20H24N2O2/c23-19(21-15-7-11-17-9-3-1-4-10-17)14-8-16-22-20(24)18-12-5-2-6-13-18/h1-6,9-10,12-13H,7-8,11,14-16H2,(H,21,23)(H,22,24). The molecule has 0 saturated heterocycles. The van der Waals surface area contributed by atoms with E-state index in [2.05, 4.69) is 22.8 Å². The molecule has 0 spiro atoms. The maximum absolute atomic E-state index is 11.8. The van der Waals surface area contributed by atoms with E-state index in [4.69, 9.17) is 0 Å². The van der Waals surface area contributed by atoms with Crippen molar-refractivity contribution in [3.05, 3.63) is 71.8 Å². The van der Waals surface area contributed by atoms with Crippen molar-refractivity contribution < 1.29 is 9.59 Å². The van der Waals surface area contributed by atoms with E-state index in [9.17, 15) is 9.59 Å². The molecule has 0 unspecified atom stereocenters. The molecule has 4 heteroatoms. The van der Waals surface area contributed by atoms with Crippen LogP contribution in [0.3, 0.4) is 0 Å². The summed E-state index contributed by atoms with van der Waals surface area (Å²) in [6, 6.07) is 19.3. The lowest BCUT2D eigenvalue weighted by molar-refractivity contribution is -0.121. The molecule has 0 aliphatic carbocycles. The Bertz CT molecular complexity index is 627. The molecule has 24 heavy (non-hydrogen) atoms. The highest BCUT2D eigenvalue weighted by Gasteiger charge is 2.04. The van der Waals surface area contributed by atoms with Crippen molar-refractivity contribution in [2.75, 3.05) is 13.1 Å². The van der Waals surface area contributed by atoms with Gasteiger partial charge in [-0.15, -0.1) is 0 Å². The molecule has 2 aromatic rings. The molecule has 0 fully saturated rings. The van der Waals surface area contributed by atoms with Crippen molar-refractivity contribution in [3.8, 4) is 0 Å². The Morgan fingerprint density at radius 3 is 2.08 bits per heavy atom. The largest absolute Gasteiger partial charge is 0.356 e. The van der Waals surface area contributed by atoms with Crippen LogP contribution in [0.5, 0.6) is 0 Å². The molecule has 0 aromatic heterocycles. The maximum Gasteiger partial charge on any atom is 0.251 e. The first-order chi connectivity index (χ1) is 11.8. The summed E-state index contributed by atoms with van der Waals surface area (Å²) in [7, 11) is 0. The highest BCUT2D eigenvalue weighted by atomic mass is 16.2. The van der Waals surface area contributed by atoms with E-state index in [0.717, 1.165) is 12.8 Å². The van der Waals surface area contributed by atoms with Gasteiger partial charge in [-0.05, 0) is 37.0 Å². The van der Waals surface area contributed by atoms with Crippen molar-refractivity contribution in [2.45, 2.75) is 25.7 Å². The van der Waals surface area contributed by atoms with Crippen molar-refractivity contribution in [3.63, 3.8) is 0 Å². The summed E-state index contributed by atoms with van der Waals surface area (Å²) in [6.45, 7) is 1.19. The van der Waals surface area contributed by atoms with Crippen LogP contribution in [0.4, 0.5) is 0 Å². The molecule has 2 rings (SSSR count). The zero-order valence-electron chi connectivity index (χ0n) is 13.8. The molecular weight excluding hydrogens is 300 g/mol. The fourth-order valence-corrected chi connectivity index (χ4v) is 2.40. The van der Waals surface area contributed by atoms with Gasteiger partial charge in [0.15, 0.2) is 0 Å². The van der Waals surface area contributed by atoms with E-state index >= 15 is 0 Å². The van der Waals surface area contributed by atoms with Gasteiger partial charge in [0.25, 0.3) is 5.91 Å². The van der Waals surface area contributed by atoms with Gasteiger partial charge in [-0.25, -0.2) is 0 Å². The molecule has 0 heterocycles. The number of carbonyl (C=O) groups excluding carboxylic acids is 2. The highest BCUT2D eigenvalue weighted by molar-refractivity contribution is 5.94. The van der Waals surface area contributed by atoms with Gasteiger partial charge in [0.05, 0.1) is 0 Å². The molecule has 0 radical (unpaired) electrons. The lowest BCUT2D eigenvalue weighted by Crippen LogP contribution is -2.28. The minimum atomic E-state index is -0.0983. The molecule has 2 amide bonds. The number of carbonyl (C=O) groups is 2. The summed E-state index contributed by atoms with van der Waals surface area (Å²) in [5, 5.41) is 5.75. The zero-order chi connectivity index (χ0) is 17.0. The summed E-state index contributed by atoms with van der Waals surface area (Å²) in [4.78, 5) is 23.6. The second-order valence-corrected chi connectivity index (χ2v) is 5.66. The first kappa shape index (κ1) is 17.7. The quantitative estimate of drug-likeness (QED) is 0.697. The monoisotopic (exact) mass is 324 g/mol. The van der Waals surface area contributed by atoms with Crippen LogP contribution in [-0.4, -0.2) is 24.9 Å². The number of aryl methyl sites for hydroxylation is 1. The van der Waals surface area contributed by atoms with Gasteiger partial charge in [0.2, 0.25) is 5.91 Å². The van der Waals surface area contributed by atoms with Gasteiger partial charge >= 0.3 is 0 Å². The third kappa shape index (κ3) is 6.65. The molecule has 2 aromatic carbocycles. The third-order valence-corrected chi connectivity index (χ3v) is 3.71. The normalized spacial score (nSPS) is 10.2.